The Bertz CT molecular complexity index is 1500. The number of carbonyl (C=O) groups is 3. The van der Waals surface area contributed by atoms with Gasteiger partial charge in [-0.25, -0.2) is 4.79 Å². The highest BCUT2D eigenvalue weighted by atomic mass is 79.9. The number of amides is 1. The Kier molecular flexibility index (Phi) is 12.2. The molecule has 3 aromatic carbocycles. The molecule has 2 N–H and O–H groups in total. The van der Waals surface area contributed by atoms with Gasteiger partial charge in [-0.05, 0) is 61.1 Å². The zero-order valence-electron chi connectivity index (χ0n) is 25.9. The van der Waals surface area contributed by atoms with Crippen LogP contribution in [0.2, 0.25) is 0 Å². The summed E-state index contributed by atoms with van der Waals surface area (Å²) in [6.07, 6.45) is -2.02. The molecule has 5 rings (SSSR count). The Morgan fingerprint density at radius 3 is 1.87 bits per heavy atom. The van der Waals surface area contributed by atoms with Gasteiger partial charge in [0.15, 0.2) is 24.6 Å². The van der Waals surface area contributed by atoms with E-state index in [4.69, 9.17) is 23.7 Å². The quantitative estimate of drug-likeness (QED) is 0.174. The van der Waals surface area contributed by atoms with Gasteiger partial charge in [0.05, 0.1) is 18.4 Å². The lowest BCUT2D eigenvalue weighted by molar-refractivity contribution is -0.300. The third-order valence-corrected chi connectivity index (χ3v) is 8.69. The predicted molar refractivity (Wildman–Crippen MR) is 176 cm³/mol. The molecule has 248 valence electrons. The summed E-state index contributed by atoms with van der Waals surface area (Å²) in [4.78, 5) is 40.9. The molecule has 1 fully saturated rings. The van der Waals surface area contributed by atoms with Crippen LogP contribution in [-0.2, 0) is 46.1 Å². The first-order valence-electron chi connectivity index (χ1n) is 15.5. The van der Waals surface area contributed by atoms with Crippen molar-refractivity contribution in [1.29, 1.82) is 0 Å². The zero-order chi connectivity index (χ0) is 33.2. The number of anilines is 1. The highest BCUT2D eigenvalue weighted by molar-refractivity contribution is 9.10. The number of benzene rings is 3. The molecule has 10 nitrogen and oxygen atoms in total. The molecule has 2 aliphatic rings. The summed E-state index contributed by atoms with van der Waals surface area (Å²) in [5.74, 6) is -2.32. The average Bonchev–Trinajstić information content (AvgIpc) is 3.08. The maximum absolute atomic E-state index is 13.9. The number of methoxy groups -OCH3 is 1. The second-order valence-electron chi connectivity index (χ2n) is 11.5. The summed E-state index contributed by atoms with van der Waals surface area (Å²) >= 11 is 3.36. The van der Waals surface area contributed by atoms with E-state index in [0.717, 1.165) is 15.6 Å². The number of rotatable bonds is 8. The molecule has 0 radical (unpaired) electrons. The number of allylic oxidation sites excluding steroid dienone is 2. The van der Waals surface area contributed by atoms with E-state index in [-0.39, 0.29) is 0 Å². The van der Waals surface area contributed by atoms with Crippen molar-refractivity contribution < 1.29 is 43.2 Å². The molecular weight excluding hydrogens is 670 g/mol. The summed E-state index contributed by atoms with van der Waals surface area (Å²) in [6.45, 7) is -0.600. The van der Waals surface area contributed by atoms with E-state index in [1.54, 1.807) is 24.3 Å². The van der Waals surface area contributed by atoms with Gasteiger partial charge in [-0.1, -0.05) is 88.7 Å². The van der Waals surface area contributed by atoms with Crippen LogP contribution >= 0.6 is 15.9 Å². The molecule has 0 aromatic heterocycles. The molecule has 0 aliphatic carbocycles. The van der Waals surface area contributed by atoms with Gasteiger partial charge in [0.2, 0.25) is 0 Å². The van der Waals surface area contributed by atoms with Crippen LogP contribution in [0.5, 0.6) is 0 Å². The molecule has 11 heteroatoms. The van der Waals surface area contributed by atoms with E-state index in [0.29, 0.717) is 31.4 Å². The van der Waals surface area contributed by atoms with Crippen molar-refractivity contribution in [2.24, 2.45) is 11.8 Å². The maximum Gasteiger partial charge on any atom is 0.412 e. The van der Waals surface area contributed by atoms with Crippen LogP contribution in [0.15, 0.2) is 102 Å². The van der Waals surface area contributed by atoms with Crippen LogP contribution in [0.25, 0.3) is 0 Å². The molecule has 0 bridgehead atoms. The fraction of sp³-hybridized carbons (Fsp3) is 0.361. The Morgan fingerprint density at radius 2 is 1.36 bits per heavy atom. The number of nitrogens with one attached hydrogen (secondary N) is 1. The summed E-state index contributed by atoms with van der Waals surface area (Å²) in [5.41, 5.74) is 2.34. The van der Waals surface area contributed by atoms with Gasteiger partial charge in [0.1, 0.15) is 6.10 Å². The van der Waals surface area contributed by atoms with Gasteiger partial charge < -0.3 is 28.8 Å². The lowest BCUT2D eigenvalue weighted by Crippen LogP contribution is -2.63. The first-order chi connectivity index (χ1) is 22.8. The monoisotopic (exact) mass is 707 g/mol. The third-order valence-electron chi connectivity index (χ3n) is 8.17. The number of hydrogen-bond donors (Lipinski definition) is 2. The Hall–Kier alpha value is -4.03. The van der Waals surface area contributed by atoms with Crippen LogP contribution in [0.1, 0.15) is 24.0 Å². The number of esters is 2. The number of ether oxygens (including phenoxy) is 5. The minimum Gasteiger partial charge on any atom is -0.454 e. The number of aliphatic hydroxyl groups is 1. The van der Waals surface area contributed by atoms with Gasteiger partial charge in [-0.2, -0.15) is 0 Å². The summed E-state index contributed by atoms with van der Waals surface area (Å²) in [7, 11) is 1.35. The molecule has 7 atom stereocenters. The number of hydrogen-bond acceptors (Lipinski definition) is 9. The minimum atomic E-state index is -1.36. The average molecular weight is 709 g/mol. The van der Waals surface area contributed by atoms with Crippen molar-refractivity contribution in [3.05, 3.63) is 113 Å². The van der Waals surface area contributed by atoms with Crippen molar-refractivity contribution in [3.8, 4) is 0 Å². The van der Waals surface area contributed by atoms with Gasteiger partial charge in [-0.15, -0.1) is 0 Å². The van der Waals surface area contributed by atoms with E-state index in [2.05, 4.69) is 21.2 Å². The fourth-order valence-electron chi connectivity index (χ4n) is 5.73. The Balaban J connectivity index is 1.49. The molecule has 3 aromatic rings. The van der Waals surface area contributed by atoms with E-state index in [9.17, 15) is 19.5 Å². The normalized spacial score (nSPS) is 26.5. The van der Waals surface area contributed by atoms with Crippen molar-refractivity contribution in [2.75, 3.05) is 19.0 Å². The van der Waals surface area contributed by atoms with Gasteiger partial charge in [0, 0.05) is 17.3 Å². The first-order valence-corrected chi connectivity index (χ1v) is 16.3. The zero-order valence-corrected chi connectivity index (χ0v) is 27.5. The Labute approximate surface area is 282 Å². The molecule has 0 unspecified atom stereocenters. The van der Waals surface area contributed by atoms with Gasteiger partial charge >= 0.3 is 18.0 Å². The molecule has 2 aliphatic heterocycles. The summed E-state index contributed by atoms with van der Waals surface area (Å²) in [5, 5.41) is 13.0. The number of carbonyl (C=O) groups excluding carboxylic acids is 3. The lowest BCUT2D eigenvalue weighted by atomic mass is 9.92. The molecule has 0 saturated carbocycles. The Morgan fingerprint density at radius 1 is 0.830 bits per heavy atom. The highest BCUT2D eigenvalue weighted by Crippen LogP contribution is 2.32. The van der Waals surface area contributed by atoms with Gasteiger partial charge in [0.25, 0.3) is 0 Å². The highest BCUT2D eigenvalue weighted by Gasteiger charge is 2.53. The lowest BCUT2D eigenvalue weighted by Gasteiger charge is -2.44. The molecular formula is C36H38BrNO9. The van der Waals surface area contributed by atoms with Crippen molar-refractivity contribution >= 4 is 39.6 Å². The third kappa shape index (κ3) is 9.29. The molecule has 1 saturated heterocycles. The van der Waals surface area contributed by atoms with E-state index >= 15 is 0 Å². The smallest absolute Gasteiger partial charge is 0.412 e. The van der Waals surface area contributed by atoms with Crippen LogP contribution in [-0.4, -0.2) is 67.6 Å². The number of aliphatic hydroxyl groups excluding tert-OH is 1. The van der Waals surface area contributed by atoms with Crippen LogP contribution in [0.4, 0.5) is 10.5 Å². The summed E-state index contributed by atoms with van der Waals surface area (Å²) in [6, 6.07) is 26.0. The first kappa shape index (κ1) is 34.3. The van der Waals surface area contributed by atoms with Crippen molar-refractivity contribution in [2.45, 2.75) is 56.4 Å². The van der Waals surface area contributed by atoms with Crippen LogP contribution < -0.4 is 5.32 Å². The number of halogens is 1. The van der Waals surface area contributed by atoms with E-state index < -0.39 is 67.2 Å². The SMILES string of the molecule is CO[C@H]1O[C@H](CO)[C@@H](OC(=O)Nc2ccc(Br)cc2)[C@@H]2OC(=O)[C@@H](Cc3ccccc3)CC=CC[C@H](Cc3ccccc3)C(=O)O[C@@H]12. The predicted octanol–water partition coefficient (Wildman–Crippen LogP) is 5.62. The second-order valence-corrected chi connectivity index (χ2v) is 12.4. The molecule has 0 spiro atoms. The van der Waals surface area contributed by atoms with E-state index in [1.807, 2.05) is 72.8 Å². The van der Waals surface area contributed by atoms with Crippen LogP contribution in [0.3, 0.4) is 0 Å². The molecule has 47 heavy (non-hydrogen) atoms. The topological polar surface area (TPSA) is 130 Å². The van der Waals surface area contributed by atoms with E-state index in [1.165, 1.54) is 7.11 Å². The largest absolute Gasteiger partial charge is 0.454 e. The van der Waals surface area contributed by atoms with Gasteiger partial charge in [-0.3, -0.25) is 14.9 Å². The standard InChI is InChI=1S/C36H38BrNO9/c1-43-35-32-31(30(29(22-39)44-35)47-36(42)38-28-18-16-27(37)17-19-28)45-33(40)25(20-23-10-4-2-5-11-23)14-8-9-15-26(34(41)46-32)21-24-12-6-3-7-13-24/h2-13,16-19,25-26,29-32,35,39H,14-15,20-22H2,1H3,(H,38,42)/t25-,26-,29-,30-,31+,32-,35+/m1/s1. The van der Waals surface area contributed by atoms with Crippen LogP contribution in [0, 0.1) is 11.8 Å². The molecule has 1 amide bonds. The number of fused-ring (bicyclic) bond motifs is 1. The minimum absolute atomic E-state index is 0.349. The second kappa shape index (κ2) is 16.7. The molecule has 2 heterocycles. The summed E-state index contributed by atoms with van der Waals surface area (Å²) < 4.78 is 30.3. The fourth-order valence-corrected chi connectivity index (χ4v) is 5.99. The van der Waals surface area contributed by atoms with Crippen molar-refractivity contribution in [1.82, 2.24) is 0 Å². The van der Waals surface area contributed by atoms with Crippen molar-refractivity contribution in [3.63, 3.8) is 0 Å². The maximum atomic E-state index is 13.9.